The molecule has 1 saturated heterocycles. The summed E-state index contributed by atoms with van der Waals surface area (Å²) >= 11 is 0. The molecule has 0 amide bonds. The van der Waals surface area contributed by atoms with Gasteiger partial charge in [-0.1, -0.05) is 81.9 Å². The molecule has 8 bridgehead atoms. The Balaban J connectivity index is 0.000000167. The highest BCUT2D eigenvalue weighted by Gasteiger charge is 2.60. The van der Waals surface area contributed by atoms with Gasteiger partial charge in [0.1, 0.15) is 11.2 Å². The zero-order valence-corrected chi connectivity index (χ0v) is 51.9. The van der Waals surface area contributed by atoms with E-state index in [4.69, 9.17) is 18.9 Å². The Kier molecular flexibility index (Phi) is 22.0. The normalized spacial score (nSPS) is 28.2. The lowest BCUT2D eigenvalue weighted by molar-refractivity contribution is -0.225. The molecule has 14 heteroatoms. The van der Waals surface area contributed by atoms with Crippen LogP contribution in [-0.4, -0.2) is 77.0 Å². The van der Waals surface area contributed by atoms with Gasteiger partial charge in [-0.2, -0.15) is 0 Å². The molecule has 82 heavy (non-hydrogen) atoms. The average molecular weight is 1160 g/mol. The molecule has 1 N–H and O–H groups in total. The maximum Gasteiger partial charge on any atom is 0.347 e. The summed E-state index contributed by atoms with van der Waals surface area (Å²) in [6.07, 6.45) is 14.4. The van der Waals surface area contributed by atoms with E-state index in [0.717, 1.165) is 50.4 Å². The summed E-state index contributed by atoms with van der Waals surface area (Å²) in [7, 11) is -0.0146. The molecule has 0 spiro atoms. The largest absolute Gasteiger partial charge is 0.463 e. The summed E-state index contributed by atoms with van der Waals surface area (Å²) in [6.45, 7) is 24.5. The van der Waals surface area contributed by atoms with Crippen molar-refractivity contribution in [1.82, 2.24) is 0 Å². The maximum absolute atomic E-state index is 12.5. The van der Waals surface area contributed by atoms with Crippen LogP contribution in [0.2, 0.25) is 0 Å². The van der Waals surface area contributed by atoms with Crippen molar-refractivity contribution in [3.05, 3.63) is 103 Å². The number of carbonyl (C=O) groups is 5. The minimum atomic E-state index is -2.97. The van der Waals surface area contributed by atoms with E-state index in [1.54, 1.807) is 13.8 Å². The zero-order valence-electron chi connectivity index (χ0n) is 51.1. The van der Waals surface area contributed by atoms with Crippen molar-refractivity contribution in [3.63, 3.8) is 0 Å². The number of aliphatic hydroxyl groups is 1. The maximum atomic E-state index is 12.5. The summed E-state index contributed by atoms with van der Waals surface area (Å²) in [5.41, 5.74) is -2.23. The van der Waals surface area contributed by atoms with E-state index in [1.807, 2.05) is 41.5 Å². The molecule has 0 aromatic heterocycles. The third kappa shape index (κ3) is 17.3. The van der Waals surface area contributed by atoms with Crippen LogP contribution >= 0.6 is 0 Å². The number of esters is 5. The van der Waals surface area contributed by atoms with Crippen molar-refractivity contribution < 1.29 is 61.5 Å². The number of alkyl halides is 2. The predicted molar refractivity (Wildman–Crippen MR) is 316 cm³/mol. The molecule has 8 saturated carbocycles. The van der Waals surface area contributed by atoms with Crippen LogP contribution in [0.1, 0.15) is 179 Å². The number of carbonyl (C=O) groups excluding carboxylic acids is 5. The summed E-state index contributed by atoms with van der Waals surface area (Å²) < 4.78 is 50.1. The first kappa shape index (κ1) is 66.1. The molecule has 452 valence electrons. The lowest BCUT2D eigenvalue weighted by atomic mass is 9.50. The molecule has 9 aliphatic rings. The van der Waals surface area contributed by atoms with Gasteiger partial charge in [0.2, 0.25) is 6.10 Å². The quantitative estimate of drug-likeness (QED) is 0.0670. The second-order valence-corrected chi connectivity index (χ2v) is 28.9. The number of halogens is 2. The van der Waals surface area contributed by atoms with Crippen molar-refractivity contribution in [3.8, 4) is 0 Å². The van der Waals surface area contributed by atoms with Gasteiger partial charge in [-0.05, 0) is 211 Å². The van der Waals surface area contributed by atoms with Crippen LogP contribution in [0.3, 0.4) is 0 Å². The fraction of sp³-hybridized carbons (Fsp3) is 0.632. The highest BCUT2D eigenvalue weighted by atomic mass is 32.2. The van der Waals surface area contributed by atoms with Crippen molar-refractivity contribution in [2.24, 2.45) is 51.8 Å². The standard InChI is InChI=1S/C18H15S.C17H28O2.C16H26O3.C10H16O4.C7H10F2O2/c1-4-10-16(11-5-1)19(17-12-6-2-7-13-17)18-14-8-3-9-15-18;1-5-16(2,3)15(18)19-17(4)13-7-11-6-12(9-13)10-14(17)8-11;1-4-14(2,3)13(17)19-16-8-11-5-12(9-16)7-15(18,6-11)10-16;1-4-10(2,3)9(12)14-7-5-6-13-8(7)11;1-5(2)6(10)11-4-7(3,8)9/h1-15H;11-14H,5-10H2,1-4H3;11-12,18H,4-10H2,1-3H3;7H,4-6H2,1-3H3;1,4H2,2-3H3/q+1;;;;. The zero-order chi connectivity index (χ0) is 60.5. The van der Waals surface area contributed by atoms with E-state index in [1.165, 1.54) is 60.1 Å². The number of hydrogen-bond donors (Lipinski definition) is 1. The fourth-order valence-corrected chi connectivity index (χ4v) is 15.0. The van der Waals surface area contributed by atoms with Crippen LogP contribution < -0.4 is 0 Å². The molecule has 1 aliphatic heterocycles. The summed E-state index contributed by atoms with van der Waals surface area (Å²) in [4.78, 5) is 62.1. The molecule has 1 heterocycles. The first-order valence-electron chi connectivity index (χ1n) is 30.0. The number of hydrogen-bond acceptors (Lipinski definition) is 11. The highest BCUT2D eigenvalue weighted by molar-refractivity contribution is 7.97. The lowest BCUT2D eigenvalue weighted by Gasteiger charge is -2.59. The molecule has 0 radical (unpaired) electrons. The molecule has 3 unspecified atom stereocenters. The number of ether oxygens (including phenoxy) is 5. The molecular formula is C68H95F2O11S+. The molecule has 9 fully saturated rings. The van der Waals surface area contributed by atoms with Gasteiger partial charge in [-0.3, -0.25) is 14.4 Å². The van der Waals surface area contributed by atoms with Gasteiger partial charge in [0.25, 0.3) is 5.92 Å². The first-order chi connectivity index (χ1) is 38.4. The van der Waals surface area contributed by atoms with E-state index < -0.39 is 47.0 Å². The number of cyclic esters (lactones) is 1. The Morgan fingerprint density at radius 3 is 1.40 bits per heavy atom. The Labute approximate surface area is 491 Å². The van der Waals surface area contributed by atoms with Gasteiger partial charge < -0.3 is 28.8 Å². The smallest absolute Gasteiger partial charge is 0.347 e. The summed E-state index contributed by atoms with van der Waals surface area (Å²) in [6, 6.07) is 32.2. The molecule has 8 aliphatic carbocycles. The van der Waals surface area contributed by atoms with Crippen molar-refractivity contribution in [2.75, 3.05) is 13.2 Å². The van der Waals surface area contributed by atoms with Gasteiger partial charge in [0.05, 0.1) is 39.3 Å². The SMILES string of the molecule is C=C(C)C(=O)OCC(C)(F)F.CCC(C)(C)C(=O)OC1(C)C2CC3CC(C2)CC1C3.CCC(C)(C)C(=O)OC12CC3CC(CC(O)(C3)C1)C2.CCC(C)(C)C(=O)OC1CCOC1=O.c1ccc([S+](c2ccccc2)c2ccccc2)cc1. The van der Waals surface area contributed by atoms with E-state index in [9.17, 15) is 37.9 Å². The molecular weight excluding hydrogens is 1060 g/mol. The van der Waals surface area contributed by atoms with Crippen LogP contribution in [0, 0.1) is 51.8 Å². The molecule has 3 aromatic carbocycles. The van der Waals surface area contributed by atoms with Crippen LogP contribution in [0.5, 0.6) is 0 Å². The third-order valence-corrected chi connectivity index (χ3v) is 20.8. The lowest BCUT2D eigenvalue weighted by Crippen LogP contribution is -2.61. The second-order valence-electron chi connectivity index (χ2n) is 26.9. The van der Waals surface area contributed by atoms with Crippen LogP contribution in [0.25, 0.3) is 0 Å². The van der Waals surface area contributed by atoms with Crippen molar-refractivity contribution in [2.45, 2.75) is 223 Å². The molecule has 3 atom stereocenters. The average Bonchev–Trinajstić information content (AvgIpc) is 1.22. The molecule has 12 rings (SSSR count). The Bertz CT molecular complexity index is 2490. The minimum absolute atomic E-state index is 0.0146. The Hall–Kier alpha value is -5.08. The fourth-order valence-electron chi connectivity index (χ4n) is 12.9. The Morgan fingerprint density at radius 1 is 0.634 bits per heavy atom. The van der Waals surface area contributed by atoms with Crippen LogP contribution in [-0.2, 0) is 58.6 Å². The van der Waals surface area contributed by atoms with E-state index in [2.05, 4.69) is 116 Å². The summed E-state index contributed by atoms with van der Waals surface area (Å²) in [5.74, 6) is -0.355. The van der Waals surface area contributed by atoms with E-state index in [0.29, 0.717) is 56.5 Å². The third-order valence-electron chi connectivity index (χ3n) is 18.5. The Morgan fingerprint density at radius 2 is 1.04 bits per heavy atom. The van der Waals surface area contributed by atoms with E-state index in [-0.39, 0.29) is 51.0 Å². The van der Waals surface area contributed by atoms with Gasteiger partial charge in [0.15, 0.2) is 21.3 Å². The topological polar surface area (TPSA) is 152 Å². The summed E-state index contributed by atoms with van der Waals surface area (Å²) in [5, 5.41) is 10.6. The number of rotatable bonds is 15. The monoisotopic (exact) mass is 1160 g/mol. The van der Waals surface area contributed by atoms with Crippen LogP contribution in [0.15, 0.2) is 118 Å². The van der Waals surface area contributed by atoms with Gasteiger partial charge in [-0.25, -0.2) is 18.4 Å². The predicted octanol–water partition coefficient (Wildman–Crippen LogP) is 15.1. The van der Waals surface area contributed by atoms with E-state index >= 15 is 0 Å². The highest BCUT2D eigenvalue weighted by Crippen LogP contribution is 2.61. The van der Waals surface area contributed by atoms with Gasteiger partial charge in [-0.15, -0.1) is 0 Å². The first-order valence-corrected chi connectivity index (χ1v) is 31.2. The minimum Gasteiger partial charge on any atom is -0.463 e. The van der Waals surface area contributed by atoms with Gasteiger partial charge >= 0.3 is 29.8 Å². The van der Waals surface area contributed by atoms with Crippen molar-refractivity contribution in [1.29, 1.82) is 0 Å². The van der Waals surface area contributed by atoms with Crippen LogP contribution in [0.4, 0.5) is 8.78 Å². The number of benzene rings is 3. The van der Waals surface area contributed by atoms with Crippen molar-refractivity contribution >= 4 is 40.7 Å². The second kappa shape index (κ2) is 27.3. The molecule has 11 nitrogen and oxygen atoms in total. The molecule has 3 aromatic rings. The van der Waals surface area contributed by atoms with Gasteiger partial charge in [0, 0.05) is 25.3 Å².